The molecule has 1 aromatic carbocycles. The maximum Gasteiger partial charge on any atom is 0.274 e. The topological polar surface area (TPSA) is 32.7 Å². The second-order valence-electron chi connectivity index (χ2n) is 5.85. The minimum atomic E-state index is -0.0415. The van der Waals surface area contributed by atoms with E-state index in [1.807, 2.05) is 41.9 Å². The van der Waals surface area contributed by atoms with Gasteiger partial charge in [-0.15, -0.1) is 0 Å². The monoisotopic (exact) mass is 352 g/mol. The van der Waals surface area contributed by atoms with Crippen molar-refractivity contribution in [2.75, 3.05) is 0 Å². The lowest BCUT2D eigenvalue weighted by Crippen LogP contribution is -2.26. The fourth-order valence-corrected chi connectivity index (χ4v) is 4.31. The van der Waals surface area contributed by atoms with Crippen LogP contribution >= 0.6 is 22.7 Å². The summed E-state index contributed by atoms with van der Waals surface area (Å²) in [6, 6.07) is 11.8. The summed E-state index contributed by atoms with van der Waals surface area (Å²) in [5.41, 5.74) is 5.00. The van der Waals surface area contributed by atoms with Crippen LogP contribution in [-0.2, 0) is 0 Å². The van der Waals surface area contributed by atoms with Crippen molar-refractivity contribution in [2.24, 2.45) is 5.10 Å². The van der Waals surface area contributed by atoms with Gasteiger partial charge in [0.15, 0.2) is 0 Å². The lowest BCUT2D eigenvalue weighted by Gasteiger charge is -2.21. The van der Waals surface area contributed by atoms with Crippen LogP contribution in [0, 0.1) is 6.92 Å². The molecule has 120 valence electrons. The maximum absolute atomic E-state index is 13.0. The van der Waals surface area contributed by atoms with Crippen molar-refractivity contribution in [3.05, 3.63) is 80.2 Å². The number of rotatable bonds is 3. The molecule has 0 bridgehead atoms. The fourth-order valence-electron chi connectivity index (χ4n) is 2.94. The van der Waals surface area contributed by atoms with Crippen molar-refractivity contribution in [3.8, 4) is 0 Å². The van der Waals surface area contributed by atoms with Crippen LogP contribution in [0.25, 0.3) is 0 Å². The third-order valence-corrected chi connectivity index (χ3v) is 5.55. The van der Waals surface area contributed by atoms with Crippen molar-refractivity contribution in [1.82, 2.24) is 5.01 Å². The summed E-state index contributed by atoms with van der Waals surface area (Å²) in [5, 5.41) is 14.6. The second-order valence-corrected chi connectivity index (χ2v) is 7.41. The predicted molar refractivity (Wildman–Crippen MR) is 99.9 cm³/mol. The smallest absolute Gasteiger partial charge is 0.267 e. The molecule has 5 heteroatoms. The van der Waals surface area contributed by atoms with E-state index in [9.17, 15) is 4.79 Å². The number of hydrogen-bond acceptors (Lipinski definition) is 4. The largest absolute Gasteiger partial charge is 0.274 e. The Hall–Kier alpha value is -2.24. The highest BCUT2D eigenvalue weighted by atomic mass is 32.1. The maximum atomic E-state index is 13.0. The Balaban J connectivity index is 1.72. The summed E-state index contributed by atoms with van der Waals surface area (Å²) in [7, 11) is 0. The van der Waals surface area contributed by atoms with E-state index in [2.05, 4.69) is 28.0 Å². The van der Waals surface area contributed by atoms with E-state index >= 15 is 0 Å². The normalized spacial score (nSPS) is 17.1. The van der Waals surface area contributed by atoms with E-state index in [-0.39, 0.29) is 11.9 Å². The summed E-state index contributed by atoms with van der Waals surface area (Å²) >= 11 is 3.30. The first-order valence-electron chi connectivity index (χ1n) is 7.75. The molecule has 0 radical (unpaired) electrons. The zero-order chi connectivity index (χ0) is 16.5. The van der Waals surface area contributed by atoms with Crippen LogP contribution in [0.3, 0.4) is 0 Å². The summed E-state index contributed by atoms with van der Waals surface area (Å²) in [4.78, 5) is 13.0. The molecule has 0 aliphatic carbocycles. The van der Waals surface area contributed by atoms with Crippen LogP contribution in [0.1, 0.15) is 39.5 Å². The molecule has 2 aromatic heterocycles. The number of aryl methyl sites for hydroxylation is 1. The molecule has 0 saturated carbocycles. The van der Waals surface area contributed by atoms with Gasteiger partial charge in [-0.2, -0.15) is 27.8 Å². The number of hydrogen-bond donors (Lipinski definition) is 0. The van der Waals surface area contributed by atoms with Crippen LogP contribution in [0.4, 0.5) is 0 Å². The van der Waals surface area contributed by atoms with E-state index in [1.165, 1.54) is 0 Å². The summed E-state index contributed by atoms with van der Waals surface area (Å²) in [5.74, 6) is -0.0415. The quantitative estimate of drug-likeness (QED) is 0.645. The Bertz CT molecular complexity index is 882. The molecule has 0 unspecified atom stereocenters. The molecule has 3 aromatic rings. The molecule has 0 N–H and O–H groups in total. The number of thiophene rings is 2. The number of carbonyl (C=O) groups excluding carboxylic acids is 1. The van der Waals surface area contributed by atoms with E-state index in [4.69, 9.17) is 0 Å². The molecule has 4 rings (SSSR count). The molecule has 3 nitrogen and oxygen atoms in total. The molecule has 24 heavy (non-hydrogen) atoms. The molecular weight excluding hydrogens is 336 g/mol. The molecule has 1 amide bonds. The highest BCUT2D eigenvalue weighted by Gasteiger charge is 2.33. The molecule has 1 aliphatic rings. The fraction of sp³-hybridized carbons (Fsp3) is 0.158. The summed E-state index contributed by atoms with van der Waals surface area (Å²) in [6.45, 7) is 2.00. The van der Waals surface area contributed by atoms with Crippen molar-refractivity contribution >= 4 is 34.3 Å². The Morgan fingerprint density at radius 2 is 2.00 bits per heavy atom. The van der Waals surface area contributed by atoms with E-state index in [0.29, 0.717) is 5.56 Å². The van der Waals surface area contributed by atoms with E-state index in [1.54, 1.807) is 27.7 Å². The standard InChI is InChI=1S/C19H16N2OS2/c1-13-3-2-4-14(9-13)19(22)21-18(16-6-8-24-12-16)10-17(20-21)15-5-7-23-11-15/h2-9,11-12,18H,10H2,1H3/t18-/m0/s1. The predicted octanol–water partition coefficient (Wildman–Crippen LogP) is 5.11. The number of amides is 1. The van der Waals surface area contributed by atoms with Crippen molar-refractivity contribution in [2.45, 2.75) is 19.4 Å². The van der Waals surface area contributed by atoms with Gasteiger partial charge in [-0.3, -0.25) is 4.79 Å². The van der Waals surface area contributed by atoms with Crippen LogP contribution in [0.15, 0.2) is 63.0 Å². The van der Waals surface area contributed by atoms with Gasteiger partial charge in [0, 0.05) is 17.5 Å². The van der Waals surface area contributed by atoms with Gasteiger partial charge >= 0.3 is 0 Å². The Morgan fingerprint density at radius 1 is 1.17 bits per heavy atom. The highest BCUT2D eigenvalue weighted by molar-refractivity contribution is 7.08. The zero-order valence-corrected chi connectivity index (χ0v) is 14.8. The minimum Gasteiger partial charge on any atom is -0.267 e. The van der Waals surface area contributed by atoms with Gasteiger partial charge in [0.1, 0.15) is 0 Å². The highest BCUT2D eigenvalue weighted by Crippen LogP contribution is 2.35. The Labute approximate surface area is 148 Å². The van der Waals surface area contributed by atoms with Gasteiger partial charge in [-0.25, -0.2) is 5.01 Å². The van der Waals surface area contributed by atoms with E-state index in [0.717, 1.165) is 28.8 Å². The van der Waals surface area contributed by atoms with Crippen molar-refractivity contribution in [3.63, 3.8) is 0 Å². The van der Waals surface area contributed by atoms with E-state index < -0.39 is 0 Å². The van der Waals surface area contributed by atoms with Crippen molar-refractivity contribution in [1.29, 1.82) is 0 Å². The first-order valence-corrected chi connectivity index (χ1v) is 9.63. The molecule has 0 spiro atoms. The van der Waals surface area contributed by atoms with Gasteiger partial charge in [0.25, 0.3) is 5.91 Å². The lowest BCUT2D eigenvalue weighted by atomic mass is 10.0. The molecule has 1 atom stereocenters. The van der Waals surface area contributed by atoms with Gasteiger partial charge in [-0.1, -0.05) is 17.7 Å². The molecular formula is C19H16N2OS2. The average Bonchev–Trinajstić information content (AvgIpc) is 3.32. The first-order chi connectivity index (χ1) is 11.7. The van der Waals surface area contributed by atoms with Gasteiger partial charge < -0.3 is 0 Å². The number of nitrogens with zero attached hydrogens (tertiary/aromatic N) is 2. The molecule has 0 fully saturated rings. The third-order valence-electron chi connectivity index (χ3n) is 4.17. The number of benzene rings is 1. The van der Waals surface area contributed by atoms with Crippen LogP contribution in [0.2, 0.25) is 0 Å². The first kappa shape index (κ1) is 15.3. The number of hydrazone groups is 1. The Kier molecular flexibility index (Phi) is 4.04. The summed E-state index contributed by atoms with van der Waals surface area (Å²) in [6.07, 6.45) is 0.755. The van der Waals surface area contributed by atoms with Crippen LogP contribution in [0.5, 0.6) is 0 Å². The molecule has 3 heterocycles. The SMILES string of the molecule is Cc1cccc(C(=O)N2N=C(c3ccsc3)C[C@H]2c2ccsc2)c1. The lowest BCUT2D eigenvalue weighted by molar-refractivity contribution is 0.0711. The van der Waals surface area contributed by atoms with Gasteiger partial charge in [0.2, 0.25) is 0 Å². The minimum absolute atomic E-state index is 0.0286. The summed E-state index contributed by atoms with van der Waals surface area (Å²) < 4.78 is 0. The number of carbonyl (C=O) groups is 1. The molecule has 0 saturated heterocycles. The van der Waals surface area contributed by atoms with Crippen LogP contribution in [-0.4, -0.2) is 16.6 Å². The van der Waals surface area contributed by atoms with Crippen molar-refractivity contribution < 1.29 is 4.79 Å². The van der Waals surface area contributed by atoms with Crippen LogP contribution < -0.4 is 0 Å². The third kappa shape index (κ3) is 2.81. The average molecular weight is 352 g/mol. The van der Waals surface area contributed by atoms with Gasteiger partial charge in [-0.05, 0) is 58.3 Å². The molecule has 1 aliphatic heterocycles. The Morgan fingerprint density at radius 3 is 2.71 bits per heavy atom. The zero-order valence-electron chi connectivity index (χ0n) is 13.2. The van der Waals surface area contributed by atoms with Gasteiger partial charge in [0.05, 0.1) is 11.8 Å². The second kappa shape index (κ2) is 6.34.